The predicted octanol–water partition coefficient (Wildman–Crippen LogP) is 2.06. The SMILES string of the molecule is Nc1[nH]c(=O)c(C(=O)O)c(-c2c(F)cc(F)cc2Br)c1C(=O)O. The van der Waals surface area contributed by atoms with Crippen LogP contribution in [0.15, 0.2) is 21.4 Å². The molecule has 0 radical (unpaired) electrons. The molecule has 7 nitrogen and oxygen atoms in total. The summed E-state index contributed by atoms with van der Waals surface area (Å²) in [5, 5.41) is 18.4. The molecule has 0 atom stereocenters. The van der Waals surface area contributed by atoms with Crippen LogP contribution >= 0.6 is 15.9 Å². The van der Waals surface area contributed by atoms with Crippen molar-refractivity contribution >= 4 is 33.7 Å². The van der Waals surface area contributed by atoms with E-state index in [0.717, 1.165) is 6.07 Å². The molecule has 1 aromatic heterocycles. The number of hydrogen-bond acceptors (Lipinski definition) is 4. The standard InChI is InChI=1S/C13H7BrF2N2O5/c14-4-1-3(15)2-5(16)6(4)7-8(12(20)21)10(17)18-11(19)9(7)13(22)23/h1-2H,(H,20,21)(H,22,23)(H3,17,18,19). The van der Waals surface area contributed by atoms with Crippen LogP contribution < -0.4 is 11.3 Å². The molecular weight excluding hydrogens is 382 g/mol. The van der Waals surface area contributed by atoms with Crippen LogP contribution in [0.25, 0.3) is 11.1 Å². The number of aromatic carboxylic acids is 2. The zero-order valence-corrected chi connectivity index (χ0v) is 12.6. The third-order valence-electron chi connectivity index (χ3n) is 2.93. The summed E-state index contributed by atoms with van der Waals surface area (Å²) in [5.41, 5.74) is 1.01. The molecule has 1 aromatic carbocycles. The maximum Gasteiger partial charge on any atom is 0.342 e. The predicted molar refractivity (Wildman–Crippen MR) is 78.4 cm³/mol. The topological polar surface area (TPSA) is 133 Å². The van der Waals surface area contributed by atoms with Crippen molar-refractivity contribution in [1.29, 1.82) is 0 Å². The number of aromatic nitrogens is 1. The minimum absolute atomic E-state index is 0.273. The molecule has 0 unspecified atom stereocenters. The normalized spacial score (nSPS) is 10.6. The molecule has 1 heterocycles. The highest BCUT2D eigenvalue weighted by atomic mass is 79.9. The quantitative estimate of drug-likeness (QED) is 0.635. The van der Waals surface area contributed by atoms with E-state index in [0.29, 0.717) is 6.07 Å². The second-order valence-electron chi connectivity index (χ2n) is 4.35. The van der Waals surface area contributed by atoms with Crippen molar-refractivity contribution in [3.05, 3.63) is 49.7 Å². The van der Waals surface area contributed by atoms with Crippen LogP contribution in [0.1, 0.15) is 20.7 Å². The molecule has 120 valence electrons. The van der Waals surface area contributed by atoms with Crippen molar-refractivity contribution in [2.75, 3.05) is 5.73 Å². The van der Waals surface area contributed by atoms with Gasteiger partial charge in [-0.05, 0) is 22.0 Å². The number of pyridine rings is 1. The number of rotatable bonds is 3. The number of nitrogen functional groups attached to an aromatic ring is 1. The highest BCUT2D eigenvalue weighted by Gasteiger charge is 2.29. The van der Waals surface area contributed by atoms with Gasteiger partial charge in [-0.25, -0.2) is 18.4 Å². The lowest BCUT2D eigenvalue weighted by Crippen LogP contribution is -2.24. The summed E-state index contributed by atoms with van der Waals surface area (Å²) in [6, 6.07) is 1.22. The second-order valence-corrected chi connectivity index (χ2v) is 5.20. The van der Waals surface area contributed by atoms with Crippen LogP contribution in [0.5, 0.6) is 0 Å². The van der Waals surface area contributed by atoms with Gasteiger partial charge in [-0.2, -0.15) is 0 Å². The Morgan fingerprint density at radius 1 is 1.09 bits per heavy atom. The smallest absolute Gasteiger partial charge is 0.342 e. The average molecular weight is 389 g/mol. The van der Waals surface area contributed by atoms with Crippen LogP contribution in [0, 0.1) is 11.6 Å². The van der Waals surface area contributed by atoms with Gasteiger partial charge in [0.05, 0.1) is 0 Å². The van der Waals surface area contributed by atoms with E-state index < -0.39 is 57.2 Å². The van der Waals surface area contributed by atoms with Gasteiger partial charge < -0.3 is 20.9 Å². The molecule has 0 aliphatic rings. The van der Waals surface area contributed by atoms with E-state index in [9.17, 15) is 33.4 Å². The van der Waals surface area contributed by atoms with Crippen molar-refractivity contribution in [2.24, 2.45) is 0 Å². The van der Waals surface area contributed by atoms with Gasteiger partial charge in [0.15, 0.2) is 0 Å². The number of aromatic amines is 1. The van der Waals surface area contributed by atoms with Crippen molar-refractivity contribution < 1.29 is 28.6 Å². The summed E-state index contributed by atoms with van der Waals surface area (Å²) < 4.78 is 27.1. The van der Waals surface area contributed by atoms with Gasteiger partial charge in [0, 0.05) is 21.7 Å². The third-order valence-corrected chi connectivity index (χ3v) is 3.55. The molecule has 0 fully saturated rings. The van der Waals surface area contributed by atoms with Crippen LogP contribution in [-0.4, -0.2) is 27.1 Å². The minimum atomic E-state index is -1.79. The molecule has 10 heteroatoms. The van der Waals surface area contributed by atoms with Gasteiger partial charge in [-0.3, -0.25) is 4.79 Å². The molecule has 0 aliphatic heterocycles. The van der Waals surface area contributed by atoms with Crippen molar-refractivity contribution in [2.45, 2.75) is 0 Å². The zero-order valence-electron chi connectivity index (χ0n) is 11.0. The van der Waals surface area contributed by atoms with Crippen molar-refractivity contribution in [3.63, 3.8) is 0 Å². The molecular formula is C13H7BrF2N2O5. The second kappa shape index (κ2) is 5.80. The van der Waals surface area contributed by atoms with E-state index in [2.05, 4.69) is 15.9 Å². The number of carboxylic acid groups (broad SMARTS) is 2. The molecule has 0 saturated carbocycles. The van der Waals surface area contributed by atoms with E-state index in [1.807, 2.05) is 4.98 Å². The molecule has 2 aromatic rings. The molecule has 0 spiro atoms. The fraction of sp³-hybridized carbons (Fsp3) is 0. The number of carbonyl (C=O) groups is 2. The Kier molecular flexibility index (Phi) is 4.19. The number of anilines is 1. The van der Waals surface area contributed by atoms with Crippen molar-refractivity contribution in [3.8, 4) is 11.1 Å². The van der Waals surface area contributed by atoms with Gasteiger partial charge in [0.1, 0.15) is 28.6 Å². The summed E-state index contributed by atoms with van der Waals surface area (Å²) in [4.78, 5) is 36.4. The van der Waals surface area contributed by atoms with Gasteiger partial charge >= 0.3 is 11.9 Å². The summed E-state index contributed by atoms with van der Waals surface area (Å²) in [5.74, 6) is -6.37. The summed E-state index contributed by atoms with van der Waals surface area (Å²) in [7, 11) is 0. The van der Waals surface area contributed by atoms with Gasteiger partial charge in [0.2, 0.25) is 0 Å². The fourth-order valence-corrected chi connectivity index (χ4v) is 2.68. The minimum Gasteiger partial charge on any atom is -0.478 e. The first-order valence-electron chi connectivity index (χ1n) is 5.82. The van der Waals surface area contributed by atoms with Crippen molar-refractivity contribution in [1.82, 2.24) is 4.98 Å². The Morgan fingerprint density at radius 3 is 2.13 bits per heavy atom. The Bertz CT molecular complexity index is 887. The van der Waals surface area contributed by atoms with Gasteiger partial charge in [0.25, 0.3) is 5.56 Å². The van der Waals surface area contributed by atoms with E-state index in [4.69, 9.17) is 5.73 Å². The van der Waals surface area contributed by atoms with E-state index in [1.54, 1.807) is 0 Å². The Hall–Kier alpha value is -2.75. The molecule has 0 amide bonds. The average Bonchev–Trinajstić information content (AvgIpc) is 2.35. The summed E-state index contributed by atoms with van der Waals surface area (Å²) in [6.45, 7) is 0. The maximum absolute atomic E-state index is 14.1. The molecule has 5 N–H and O–H groups in total. The largest absolute Gasteiger partial charge is 0.478 e. The highest BCUT2D eigenvalue weighted by Crippen LogP contribution is 2.36. The Labute approximate surface area is 134 Å². The number of nitrogens with one attached hydrogen (secondary N) is 1. The molecule has 2 rings (SSSR count). The lowest BCUT2D eigenvalue weighted by atomic mass is 9.95. The highest BCUT2D eigenvalue weighted by molar-refractivity contribution is 9.10. The van der Waals surface area contributed by atoms with E-state index in [-0.39, 0.29) is 4.47 Å². The number of benzene rings is 1. The number of nitrogens with two attached hydrogens (primary N) is 1. The Balaban J connectivity index is 3.10. The van der Waals surface area contributed by atoms with E-state index >= 15 is 0 Å². The molecule has 0 aliphatic carbocycles. The number of carboxylic acids is 2. The fourth-order valence-electron chi connectivity index (χ4n) is 2.08. The number of hydrogen-bond donors (Lipinski definition) is 4. The lowest BCUT2D eigenvalue weighted by molar-refractivity contribution is 0.0695. The van der Waals surface area contributed by atoms with Gasteiger partial charge in [-0.15, -0.1) is 0 Å². The van der Waals surface area contributed by atoms with Crippen LogP contribution in [0.2, 0.25) is 0 Å². The first-order chi connectivity index (χ1) is 10.6. The van der Waals surface area contributed by atoms with Crippen LogP contribution in [0.4, 0.5) is 14.6 Å². The lowest BCUT2D eigenvalue weighted by Gasteiger charge is -2.14. The maximum atomic E-state index is 14.1. The Morgan fingerprint density at radius 2 is 1.65 bits per heavy atom. The number of H-pyrrole nitrogens is 1. The molecule has 0 saturated heterocycles. The summed E-state index contributed by atoms with van der Waals surface area (Å²) >= 11 is 2.83. The first kappa shape index (κ1) is 16.6. The molecule has 0 bridgehead atoms. The van der Waals surface area contributed by atoms with Crippen LogP contribution in [-0.2, 0) is 0 Å². The van der Waals surface area contributed by atoms with E-state index in [1.165, 1.54) is 0 Å². The zero-order chi connectivity index (χ0) is 17.5. The van der Waals surface area contributed by atoms with Crippen LogP contribution in [0.3, 0.4) is 0 Å². The van der Waals surface area contributed by atoms with Gasteiger partial charge in [-0.1, -0.05) is 0 Å². The first-order valence-corrected chi connectivity index (χ1v) is 6.61. The monoisotopic (exact) mass is 388 g/mol. The third kappa shape index (κ3) is 2.80. The number of halogens is 3. The summed E-state index contributed by atoms with van der Waals surface area (Å²) in [6.07, 6.45) is 0. The molecule has 23 heavy (non-hydrogen) atoms.